The molecule has 4 unspecified atom stereocenters. The van der Waals surface area contributed by atoms with Crippen molar-refractivity contribution in [3.63, 3.8) is 0 Å². The Morgan fingerprint density at radius 1 is 1.06 bits per heavy atom. The summed E-state index contributed by atoms with van der Waals surface area (Å²) in [6, 6.07) is 0.771. The summed E-state index contributed by atoms with van der Waals surface area (Å²) in [5.41, 5.74) is 0. The molecule has 3 rings (SSSR count). The van der Waals surface area contributed by atoms with Gasteiger partial charge in [0.05, 0.1) is 0 Å². The summed E-state index contributed by atoms with van der Waals surface area (Å²) in [5.74, 6) is 2.99. The van der Waals surface area contributed by atoms with Gasteiger partial charge in [-0.1, -0.05) is 13.3 Å². The highest BCUT2D eigenvalue weighted by atomic mass is 15.2. The van der Waals surface area contributed by atoms with Crippen molar-refractivity contribution in [1.82, 2.24) is 10.2 Å². The Labute approximate surface area is 99.8 Å². The van der Waals surface area contributed by atoms with Crippen molar-refractivity contribution in [2.45, 2.75) is 45.1 Å². The second-order valence-electron chi connectivity index (χ2n) is 6.35. The molecule has 92 valence electrons. The van der Waals surface area contributed by atoms with Crippen LogP contribution in [0.1, 0.15) is 39.0 Å². The van der Waals surface area contributed by atoms with Crippen molar-refractivity contribution in [3.8, 4) is 0 Å². The predicted octanol–water partition coefficient (Wildman–Crippen LogP) is 2.11. The van der Waals surface area contributed by atoms with Gasteiger partial charge >= 0.3 is 0 Å². The molecule has 0 bridgehead atoms. The fourth-order valence-corrected chi connectivity index (χ4v) is 4.12. The standard InChI is InChI=1S/C14H26N2/c1-11-4-3-7-15-14(11)10-16-8-12-5-2-6-13(12)9-16/h11-15H,2-10H2,1H3. The topological polar surface area (TPSA) is 15.3 Å². The number of piperidine rings is 1. The van der Waals surface area contributed by atoms with E-state index >= 15 is 0 Å². The minimum Gasteiger partial charge on any atom is -0.312 e. The van der Waals surface area contributed by atoms with Crippen LogP contribution in [0.2, 0.25) is 0 Å². The maximum Gasteiger partial charge on any atom is 0.0220 e. The second-order valence-corrected chi connectivity index (χ2v) is 6.35. The van der Waals surface area contributed by atoms with E-state index in [2.05, 4.69) is 17.1 Å². The van der Waals surface area contributed by atoms with Gasteiger partial charge in [-0.2, -0.15) is 0 Å². The third-order valence-corrected chi connectivity index (χ3v) is 5.19. The van der Waals surface area contributed by atoms with Crippen molar-refractivity contribution in [1.29, 1.82) is 0 Å². The number of rotatable bonds is 2. The number of hydrogen-bond acceptors (Lipinski definition) is 2. The number of hydrogen-bond donors (Lipinski definition) is 1. The lowest BCUT2D eigenvalue weighted by Crippen LogP contribution is -2.47. The molecule has 4 atom stereocenters. The zero-order valence-electron chi connectivity index (χ0n) is 10.6. The second kappa shape index (κ2) is 4.66. The van der Waals surface area contributed by atoms with Crippen LogP contribution in [0.4, 0.5) is 0 Å². The predicted molar refractivity (Wildman–Crippen MR) is 67.5 cm³/mol. The van der Waals surface area contributed by atoms with Gasteiger partial charge in [0, 0.05) is 25.7 Å². The molecule has 2 heterocycles. The fourth-order valence-electron chi connectivity index (χ4n) is 4.12. The highest BCUT2D eigenvalue weighted by Gasteiger charge is 2.37. The Kier molecular flexibility index (Phi) is 3.21. The Balaban J connectivity index is 1.51. The summed E-state index contributed by atoms with van der Waals surface area (Å²) in [5, 5.41) is 3.72. The fraction of sp³-hybridized carbons (Fsp3) is 1.00. The number of nitrogens with one attached hydrogen (secondary N) is 1. The van der Waals surface area contributed by atoms with Gasteiger partial charge in [-0.15, -0.1) is 0 Å². The Bertz CT molecular complexity index is 229. The zero-order chi connectivity index (χ0) is 11.0. The van der Waals surface area contributed by atoms with E-state index < -0.39 is 0 Å². The summed E-state index contributed by atoms with van der Waals surface area (Å²) in [7, 11) is 0. The summed E-state index contributed by atoms with van der Waals surface area (Å²) in [6.45, 7) is 7.78. The summed E-state index contributed by atoms with van der Waals surface area (Å²) < 4.78 is 0. The molecule has 3 fully saturated rings. The van der Waals surface area contributed by atoms with Crippen LogP contribution in [0.15, 0.2) is 0 Å². The molecular formula is C14H26N2. The van der Waals surface area contributed by atoms with E-state index in [0.717, 1.165) is 23.8 Å². The summed E-state index contributed by atoms with van der Waals surface area (Å²) >= 11 is 0. The molecule has 3 aliphatic rings. The quantitative estimate of drug-likeness (QED) is 0.770. The first-order chi connectivity index (χ1) is 7.83. The molecule has 0 amide bonds. The van der Waals surface area contributed by atoms with E-state index in [1.165, 1.54) is 58.3 Å². The third-order valence-electron chi connectivity index (χ3n) is 5.19. The largest absolute Gasteiger partial charge is 0.312 e. The maximum atomic E-state index is 3.72. The van der Waals surface area contributed by atoms with Crippen LogP contribution in [0.3, 0.4) is 0 Å². The Hall–Kier alpha value is -0.0800. The molecule has 2 aliphatic heterocycles. The zero-order valence-corrected chi connectivity index (χ0v) is 10.6. The number of likely N-dealkylation sites (tertiary alicyclic amines) is 1. The molecule has 16 heavy (non-hydrogen) atoms. The minimum atomic E-state index is 0.771. The third kappa shape index (κ3) is 2.14. The van der Waals surface area contributed by atoms with Crippen molar-refractivity contribution in [2.75, 3.05) is 26.2 Å². The summed E-state index contributed by atoms with van der Waals surface area (Å²) in [6.07, 6.45) is 7.33. The lowest BCUT2D eigenvalue weighted by Gasteiger charge is -2.33. The first-order valence-corrected chi connectivity index (χ1v) is 7.28. The SMILES string of the molecule is CC1CCCNC1CN1CC2CCCC2C1. The van der Waals surface area contributed by atoms with Crippen molar-refractivity contribution >= 4 is 0 Å². The van der Waals surface area contributed by atoms with Gasteiger partial charge in [0.1, 0.15) is 0 Å². The van der Waals surface area contributed by atoms with Crippen molar-refractivity contribution in [3.05, 3.63) is 0 Å². The smallest absolute Gasteiger partial charge is 0.0220 e. The van der Waals surface area contributed by atoms with Gasteiger partial charge in [-0.05, 0) is 50.0 Å². The van der Waals surface area contributed by atoms with Crippen LogP contribution in [0.5, 0.6) is 0 Å². The molecule has 2 nitrogen and oxygen atoms in total. The van der Waals surface area contributed by atoms with Crippen LogP contribution in [0.25, 0.3) is 0 Å². The van der Waals surface area contributed by atoms with Crippen LogP contribution >= 0.6 is 0 Å². The van der Waals surface area contributed by atoms with E-state index in [-0.39, 0.29) is 0 Å². The molecule has 1 N–H and O–H groups in total. The minimum absolute atomic E-state index is 0.771. The first-order valence-electron chi connectivity index (χ1n) is 7.28. The number of nitrogens with zero attached hydrogens (tertiary/aromatic N) is 1. The van der Waals surface area contributed by atoms with Gasteiger partial charge in [0.15, 0.2) is 0 Å². The summed E-state index contributed by atoms with van der Waals surface area (Å²) in [4.78, 5) is 2.74. The average molecular weight is 222 g/mol. The maximum absolute atomic E-state index is 3.72. The van der Waals surface area contributed by atoms with E-state index in [0.29, 0.717) is 0 Å². The van der Waals surface area contributed by atoms with Crippen LogP contribution in [0, 0.1) is 17.8 Å². The van der Waals surface area contributed by atoms with Gasteiger partial charge in [-0.3, -0.25) is 0 Å². The van der Waals surface area contributed by atoms with Crippen LogP contribution in [-0.2, 0) is 0 Å². The lowest BCUT2D eigenvalue weighted by molar-refractivity contribution is 0.207. The molecule has 0 spiro atoms. The molecule has 0 aromatic carbocycles. The highest BCUT2D eigenvalue weighted by molar-refractivity contribution is 4.91. The van der Waals surface area contributed by atoms with Gasteiger partial charge in [0.2, 0.25) is 0 Å². The Morgan fingerprint density at radius 3 is 2.50 bits per heavy atom. The van der Waals surface area contributed by atoms with Gasteiger partial charge in [-0.25, -0.2) is 0 Å². The molecule has 0 aromatic rings. The molecule has 0 radical (unpaired) electrons. The molecule has 1 aliphatic carbocycles. The van der Waals surface area contributed by atoms with E-state index in [1.807, 2.05) is 0 Å². The molecule has 1 saturated carbocycles. The van der Waals surface area contributed by atoms with Crippen molar-refractivity contribution < 1.29 is 0 Å². The molecule has 2 saturated heterocycles. The Morgan fingerprint density at radius 2 is 1.81 bits per heavy atom. The van der Waals surface area contributed by atoms with Crippen LogP contribution < -0.4 is 5.32 Å². The van der Waals surface area contributed by atoms with Crippen molar-refractivity contribution in [2.24, 2.45) is 17.8 Å². The van der Waals surface area contributed by atoms with E-state index in [4.69, 9.17) is 0 Å². The number of fused-ring (bicyclic) bond motifs is 1. The van der Waals surface area contributed by atoms with Crippen LogP contribution in [-0.4, -0.2) is 37.1 Å². The first kappa shape index (κ1) is 11.0. The van der Waals surface area contributed by atoms with Gasteiger partial charge < -0.3 is 10.2 Å². The monoisotopic (exact) mass is 222 g/mol. The lowest BCUT2D eigenvalue weighted by atomic mass is 9.92. The molecule has 2 heteroatoms. The average Bonchev–Trinajstić information content (AvgIpc) is 2.81. The van der Waals surface area contributed by atoms with Gasteiger partial charge in [0.25, 0.3) is 0 Å². The highest BCUT2D eigenvalue weighted by Crippen LogP contribution is 2.37. The molecule has 0 aromatic heterocycles. The normalized spacial score (nSPS) is 44.8. The van der Waals surface area contributed by atoms with E-state index in [9.17, 15) is 0 Å². The van der Waals surface area contributed by atoms with E-state index in [1.54, 1.807) is 0 Å². The molecular weight excluding hydrogens is 196 g/mol.